The summed E-state index contributed by atoms with van der Waals surface area (Å²) in [6.07, 6.45) is -1.09. The Morgan fingerprint density at radius 2 is 1.37 bits per heavy atom. The molecule has 1 amide bonds. The Bertz CT molecular complexity index is 1270. The summed E-state index contributed by atoms with van der Waals surface area (Å²) in [5.41, 5.74) is 0.819. The van der Waals surface area contributed by atoms with Crippen LogP contribution in [-0.2, 0) is 26.0 Å². The molecule has 3 aromatic carbocycles. The number of carbonyl (C=O) groups is 2. The first-order valence-electron chi connectivity index (χ1n) is 11.1. The minimum Gasteiger partial charge on any atom is -0.480 e. The molecule has 1 aliphatic rings. The molecule has 0 saturated carbocycles. The van der Waals surface area contributed by atoms with Crippen molar-refractivity contribution < 1.29 is 32.6 Å². The molecular formula is C26H25NO7S. The molecule has 1 fully saturated rings. The molecule has 0 aromatic heterocycles. The Morgan fingerprint density at radius 1 is 0.829 bits per heavy atom. The van der Waals surface area contributed by atoms with Crippen molar-refractivity contribution in [2.24, 2.45) is 0 Å². The van der Waals surface area contributed by atoms with Crippen LogP contribution in [0.5, 0.6) is 11.5 Å². The number of aliphatic carboxylic acids is 1. The topological polar surface area (TPSA) is 110 Å². The molecule has 0 aliphatic carbocycles. The number of sulfone groups is 1. The van der Waals surface area contributed by atoms with E-state index in [0.717, 1.165) is 5.56 Å². The van der Waals surface area contributed by atoms with Crippen molar-refractivity contribution in [3.8, 4) is 11.5 Å². The third kappa shape index (κ3) is 5.14. The van der Waals surface area contributed by atoms with Crippen LogP contribution in [0.25, 0.3) is 0 Å². The molecule has 0 unspecified atom stereocenters. The lowest BCUT2D eigenvalue weighted by molar-refractivity contribution is -0.141. The Kier molecular flexibility index (Phi) is 7.07. The standard InChI is InChI=1S/C26H25NO7S/c28-24(29)26(15-17-27(18-16-26)25(30)33-19-20-7-3-1-4-8-20)35(31,32)23-13-11-22(12-14-23)34-21-9-5-2-6-10-21/h1-14H,15-19H2,(H,28,29). The Labute approximate surface area is 203 Å². The number of para-hydroxylation sites is 1. The van der Waals surface area contributed by atoms with E-state index in [1.54, 1.807) is 12.1 Å². The van der Waals surface area contributed by atoms with Gasteiger partial charge >= 0.3 is 12.1 Å². The summed E-state index contributed by atoms with van der Waals surface area (Å²) >= 11 is 0. The van der Waals surface area contributed by atoms with E-state index >= 15 is 0 Å². The molecule has 0 atom stereocenters. The number of nitrogens with zero attached hydrogens (tertiary/aromatic N) is 1. The summed E-state index contributed by atoms with van der Waals surface area (Å²) in [6.45, 7) is -0.0152. The Balaban J connectivity index is 1.44. The second kappa shape index (κ2) is 10.2. The number of carbonyl (C=O) groups excluding carboxylic acids is 1. The molecule has 8 nitrogen and oxygen atoms in total. The first-order valence-corrected chi connectivity index (χ1v) is 12.6. The third-order valence-electron chi connectivity index (χ3n) is 6.05. The summed E-state index contributed by atoms with van der Waals surface area (Å²) in [5, 5.41) is 9.97. The predicted molar refractivity (Wildman–Crippen MR) is 128 cm³/mol. The normalized spacial score (nSPS) is 15.3. The number of amides is 1. The lowest BCUT2D eigenvalue weighted by Gasteiger charge is -2.37. The van der Waals surface area contributed by atoms with Crippen LogP contribution < -0.4 is 4.74 Å². The van der Waals surface area contributed by atoms with Crippen molar-refractivity contribution in [1.29, 1.82) is 0 Å². The first kappa shape index (κ1) is 24.3. The van der Waals surface area contributed by atoms with Gasteiger partial charge in [0.2, 0.25) is 0 Å². The second-order valence-electron chi connectivity index (χ2n) is 8.22. The van der Waals surface area contributed by atoms with Crippen molar-refractivity contribution in [1.82, 2.24) is 4.90 Å². The van der Waals surface area contributed by atoms with Crippen molar-refractivity contribution >= 4 is 21.9 Å². The van der Waals surface area contributed by atoms with Gasteiger partial charge in [-0.3, -0.25) is 4.79 Å². The predicted octanol–water partition coefficient (Wildman–Crippen LogP) is 4.51. The fourth-order valence-electron chi connectivity index (χ4n) is 4.00. The van der Waals surface area contributed by atoms with Crippen molar-refractivity contribution in [2.75, 3.05) is 13.1 Å². The lowest BCUT2D eigenvalue weighted by Crippen LogP contribution is -2.55. The van der Waals surface area contributed by atoms with Crippen LogP contribution in [0, 0.1) is 0 Å². The number of benzene rings is 3. The maximum Gasteiger partial charge on any atom is 0.410 e. The highest BCUT2D eigenvalue weighted by Gasteiger charge is 2.53. The van der Waals surface area contributed by atoms with Crippen LogP contribution in [0.4, 0.5) is 4.79 Å². The van der Waals surface area contributed by atoms with Crippen molar-refractivity contribution in [3.63, 3.8) is 0 Å². The molecule has 182 valence electrons. The average molecular weight is 496 g/mol. The summed E-state index contributed by atoms with van der Waals surface area (Å²) in [7, 11) is -4.25. The van der Waals surface area contributed by atoms with E-state index in [1.807, 2.05) is 48.5 Å². The molecule has 9 heteroatoms. The maximum atomic E-state index is 13.5. The minimum absolute atomic E-state index is 0.0473. The van der Waals surface area contributed by atoms with Gasteiger partial charge in [0.15, 0.2) is 14.6 Å². The molecule has 1 aliphatic heterocycles. The molecule has 1 heterocycles. The zero-order chi connectivity index (χ0) is 24.9. The highest BCUT2D eigenvalue weighted by Crippen LogP contribution is 2.37. The highest BCUT2D eigenvalue weighted by molar-refractivity contribution is 7.93. The minimum atomic E-state index is -4.25. The number of ether oxygens (including phenoxy) is 2. The van der Waals surface area contributed by atoms with Gasteiger partial charge in [-0.25, -0.2) is 13.2 Å². The average Bonchev–Trinajstić information content (AvgIpc) is 2.88. The summed E-state index contributed by atoms with van der Waals surface area (Å²) < 4.78 is 35.9. The summed E-state index contributed by atoms with van der Waals surface area (Å²) in [4.78, 5) is 25.9. The van der Waals surface area contributed by atoms with Gasteiger partial charge < -0.3 is 19.5 Å². The van der Waals surface area contributed by atoms with Crippen molar-refractivity contribution in [2.45, 2.75) is 29.1 Å². The molecular weight excluding hydrogens is 470 g/mol. The van der Waals surface area contributed by atoms with E-state index in [4.69, 9.17) is 9.47 Å². The molecule has 0 radical (unpaired) electrons. The molecule has 4 rings (SSSR count). The highest BCUT2D eigenvalue weighted by atomic mass is 32.2. The van der Waals surface area contributed by atoms with Crippen LogP contribution in [-0.4, -0.2) is 48.3 Å². The number of piperidine rings is 1. The molecule has 0 spiro atoms. The summed E-state index contributed by atoms with van der Waals surface area (Å²) in [6, 6.07) is 23.8. The van der Waals surface area contributed by atoms with Crippen LogP contribution in [0.2, 0.25) is 0 Å². The van der Waals surface area contributed by atoms with Crippen LogP contribution in [0.1, 0.15) is 18.4 Å². The lowest BCUT2D eigenvalue weighted by atomic mass is 9.96. The van der Waals surface area contributed by atoms with E-state index in [2.05, 4.69) is 0 Å². The van der Waals surface area contributed by atoms with E-state index in [1.165, 1.54) is 29.2 Å². The van der Waals surface area contributed by atoms with Gasteiger partial charge in [0.05, 0.1) is 4.90 Å². The quantitative estimate of drug-likeness (QED) is 0.513. The van der Waals surface area contributed by atoms with Crippen molar-refractivity contribution in [3.05, 3.63) is 90.5 Å². The number of hydrogen-bond acceptors (Lipinski definition) is 6. The van der Waals surface area contributed by atoms with Gasteiger partial charge in [0.1, 0.15) is 18.1 Å². The maximum absolute atomic E-state index is 13.5. The second-order valence-corrected chi connectivity index (χ2v) is 10.5. The molecule has 35 heavy (non-hydrogen) atoms. The molecule has 0 bridgehead atoms. The van der Waals surface area contributed by atoms with Crippen LogP contribution in [0.3, 0.4) is 0 Å². The van der Waals surface area contributed by atoms with Gasteiger partial charge in [-0.15, -0.1) is 0 Å². The van der Waals surface area contributed by atoms with Gasteiger partial charge in [0.25, 0.3) is 0 Å². The third-order valence-corrected chi connectivity index (χ3v) is 8.56. The number of hydrogen-bond donors (Lipinski definition) is 1. The van der Waals surface area contributed by atoms with E-state index < -0.39 is 26.6 Å². The number of rotatable bonds is 7. The number of carboxylic acid groups (broad SMARTS) is 1. The fraction of sp³-hybridized carbons (Fsp3) is 0.231. The zero-order valence-corrected chi connectivity index (χ0v) is 19.7. The molecule has 3 aromatic rings. The van der Waals surface area contributed by atoms with Crippen LogP contribution in [0.15, 0.2) is 89.8 Å². The number of carboxylic acids is 1. The SMILES string of the molecule is O=C(OCc1ccccc1)N1CCC(C(=O)O)(S(=O)(=O)c2ccc(Oc3ccccc3)cc2)CC1. The largest absolute Gasteiger partial charge is 0.480 e. The van der Waals surface area contributed by atoms with E-state index in [0.29, 0.717) is 11.5 Å². The zero-order valence-electron chi connectivity index (χ0n) is 18.9. The van der Waals surface area contributed by atoms with E-state index in [-0.39, 0.29) is 37.4 Å². The van der Waals surface area contributed by atoms with Gasteiger partial charge in [-0.2, -0.15) is 0 Å². The summed E-state index contributed by atoms with van der Waals surface area (Å²) in [5.74, 6) is -0.411. The Morgan fingerprint density at radius 3 is 1.94 bits per heavy atom. The monoisotopic (exact) mass is 495 g/mol. The molecule has 1 saturated heterocycles. The van der Waals surface area contributed by atoms with Gasteiger partial charge in [-0.05, 0) is 54.8 Å². The van der Waals surface area contributed by atoms with Gasteiger partial charge in [-0.1, -0.05) is 48.5 Å². The smallest absolute Gasteiger partial charge is 0.410 e. The fourth-order valence-corrected chi connectivity index (χ4v) is 5.89. The number of likely N-dealkylation sites (tertiary alicyclic amines) is 1. The molecule has 1 N–H and O–H groups in total. The first-order chi connectivity index (χ1) is 16.8. The van der Waals surface area contributed by atoms with Gasteiger partial charge in [0, 0.05) is 13.1 Å². The van der Waals surface area contributed by atoms with E-state index in [9.17, 15) is 23.1 Å². The Hall–Kier alpha value is -3.85. The van der Waals surface area contributed by atoms with Crippen LogP contribution >= 0.6 is 0 Å².